The molecule has 9 heteroatoms. The summed E-state index contributed by atoms with van der Waals surface area (Å²) in [5, 5.41) is 11.7. The number of aromatic nitrogens is 3. The van der Waals surface area contributed by atoms with Gasteiger partial charge in [0, 0.05) is 60.2 Å². The second-order valence-electron chi connectivity index (χ2n) is 9.35. The molecular formula is C26H30N8O. The summed E-state index contributed by atoms with van der Waals surface area (Å²) >= 11 is 0. The molecule has 9 nitrogen and oxygen atoms in total. The van der Waals surface area contributed by atoms with Gasteiger partial charge in [-0.3, -0.25) is 15.3 Å². The number of nitrogens with two attached hydrogens (primary N) is 1. The van der Waals surface area contributed by atoms with Crippen LogP contribution in [0.5, 0.6) is 0 Å². The van der Waals surface area contributed by atoms with Crippen LogP contribution in [0.2, 0.25) is 0 Å². The highest BCUT2D eigenvalue weighted by molar-refractivity contribution is 6.13. The second kappa shape index (κ2) is 9.42. The van der Waals surface area contributed by atoms with Gasteiger partial charge in [0.15, 0.2) is 0 Å². The number of benzene rings is 1. The number of rotatable bonds is 5. The SMILES string of the molecule is Cc1cc(C(=N)c2cc3c(cc2N)NC(=O)N([C@@H]2CCCN(Cc4cccnc4C)C2)C3)ncn1. The molecule has 2 aromatic heterocycles. The highest BCUT2D eigenvalue weighted by Gasteiger charge is 2.33. The number of piperidine rings is 1. The largest absolute Gasteiger partial charge is 0.398 e. The molecule has 1 saturated heterocycles. The molecule has 0 saturated carbocycles. The number of aryl methyl sites for hydroxylation is 2. The maximum atomic E-state index is 13.1. The first-order chi connectivity index (χ1) is 16.9. The van der Waals surface area contributed by atoms with Crippen molar-refractivity contribution >= 4 is 23.1 Å². The van der Waals surface area contributed by atoms with E-state index < -0.39 is 0 Å². The van der Waals surface area contributed by atoms with E-state index in [1.54, 1.807) is 12.1 Å². The average Bonchev–Trinajstić information content (AvgIpc) is 2.84. The van der Waals surface area contributed by atoms with Crippen molar-refractivity contribution in [2.24, 2.45) is 0 Å². The smallest absolute Gasteiger partial charge is 0.322 e. The van der Waals surface area contributed by atoms with Gasteiger partial charge in [-0.2, -0.15) is 0 Å². The summed E-state index contributed by atoms with van der Waals surface area (Å²) in [6.45, 7) is 7.04. The molecular weight excluding hydrogens is 440 g/mol. The van der Waals surface area contributed by atoms with E-state index in [1.807, 2.05) is 37.1 Å². The van der Waals surface area contributed by atoms with Crippen molar-refractivity contribution in [3.63, 3.8) is 0 Å². The fourth-order valence-electron chi connectivity index (χ4n) is 4.95. The quantitative estimate of drug-likeness (QED) is 0.387. The highest BCUT2D eigenvalue weighted by Crippen LogP contribution is 2.32. The molecule has 3 aromatic rings. The van der Waals surface area contributed by atoms with Crippen LogP contribution < -0.4 is 11.1 Å². The number of urea groups is 1. The zero-order valence-electron chi connectivity index (χ0n) is 20.1. The van der Waals surface area contributed by atoms with Crippen molar-refractivity contribution in [3.05, 3.63) is 76.6 Å². The Balaban J connectivity index is 1.35. The zero-order valence-corrected chi connectivity index (χ0v) is 20.1. The van der Waals surface area contributed by atoms with Gasteiger partial charge in [0.1, 0.15) is 6.33 Å². The molecule has 4 N–H and O–H groups in total. The normalized spacial score (nSPS) is 18.2. The summed E-state index contributed by atoms with van der Waals surface area (Å²) in [6.07, 6.45) is 5.27. The topological polar surface area (TPSA) is 124 Å². The Morgan fingerprint density at radius 1 is 1.23 bits per heavy atom. The maximum Gasteiger partial charge on any atom is 0.322 e. The first-order valence-electron chi connectivity index (χ1n) is 11.9. The lowest BCUT2D eigenvalue weighted by atomic mass is 9.97. The fourth-order valence-corrected chi connectivity index (χ4v) is 4.95. The number of nitrogen functional groups attached to an aromatic ring is 1. The van der Waals surface area contributed by atoms with Crippen LogP contribution in [-0.4, -0.2) is 55.6 Å². The molecule has 5 rings (SSSR count). The number of hydrogen-bond donors (Lipinski definition) is 3. The van der Waals surface area contributed by atoms with E-state index in [0.717, 1.165) is 49.4 Å². The first-order valence-corrected chi connectivity index (χ1v) is 11.9. The molecule has 2 aliphatic heterocycles. The molecule has 2 aliphatic rings. The van der Waals surface area contributed by atoms with Crippen molar-refractivity contribution in [3.8, 4) is 0 Å². The summed E-state index contributed by atoms with van der Waals surface area (Å²) < 4.78 is 0. The summed E-state index contributed by atoms with van der Waals surface area (Å²) in [4.78, 5) is 30.1. The predicted molar refractivity (Wildman–Crippen MR) is 135 cm³/mol. The third kappa shape index (κ3) is 4.72. The van der Waals surface area contributed by atoms with Crippen LogP contribution in [0.25, 0.3) is 0 Å². The second-order valence-corrected chi connectivity index (χ2v) is 9.35. The number of pyridine rings is 1. The zero-order chi connectivity index (χ0) is 24.5. The number of amides is 2. The Morgan fingerprint density at radius 2 is 2.09 bits per heavy atom. The summed E-state index contributed by atoms with van der Waals surface area (Å²) in [6, 6.07) is 9.54. The van der Waals surface area contributed by atoms with Crippen molar-refractivity contribution in [2.45, 2.75) is 45.8 Å². The van der Waals surface area contributed by atoms with Crippen LogP contribution in [0.3, 0.4) is 0 Å². The lowest BCUT2D eigenvalue weighted by molar-refractivity contribution is 0.108. The van der Waals surface area contributed by atoms with Crippen LogP contribution in [0, 0.1) is 19.3 Å². The van der Waals surface area contributed by atoms with Gasteiger partial charge in [0.25, 0.3) is 0 Å². The van der Waals surface area contributed by atoms with Gasteiger partial charge in [-0.1, -0.05) is 6.07 Å². The van der Waals surface area contributed by atoms with Crippen LogP contribution in [0.1, 0.15) is 46.6 Å². The molecule has 35 heavy (non-hydrogen) atoms. The van der Waals surface area contributed by atoms with Gasteiger partial charge in [-0.25, -0.2) is 14.8 Å². The van der Waals surface area contributed by atoms with Gasteiger partial charge < -0.3 is 16.0 Å². The number of anilines is 2. The summed E-state index contributed by atoms with van der Waals surface area (Å²) in [5.41, 5.74) is 12.8. The van der Waals surface area contributed by atoms with Crippen LogP contribution in [0.15, 0.2) is 42.9 Å². The van der Waals surface area contributed by atoms with Crippen molar-refractivity contribution < 1.29 is 4.79 Å². The van der Waals surface area contributed by atoms with Gasteiger partial charge in [0.2, 0.25) is 0 Å². The summed E-state index contributed by atoms with van der Waals surface area (Å²) in [5.74, 6) is 0. The van der Waals surface area contributed by atoms with Crippen molar-refractivity contribution in [2.75, 3.05) is 24.1 Å². The van der Waals surface area contributed by atoms with Crippen LogP contribution in [0.4, 0.5) is 16.2 Å². The Bertz CT molecular complexity index is 1290. The molecule has 180 valence electrons. The van der Waals surface area contributed by atoms with Gasteiger partial charge in [-0.15, -0.1) is 0 Å². The predicted octanol–water partition coefficient (Wildman–Crippen LogP) is 3.50. The number of likely N-dealkylation sites (tertiary alicyclic amines) is 1. The average molecular weight is 471 g/mol. The fraction of sp³-hybridized carbons (Fsp3) is 0.346. The van der Waals surface area contributed by atoms with E-state index in [-0.39, 0.29) is 17.8 Å². The Morgan fingerprint density at radius 3 is 2.89 bits per heavy atom. The molecule has 0 unspecified atom stereocenters. The maximum absolute atomic E-state index is 13.1. The molecule has 2 amide bonds. The number of nitrogens with one attached hydrogen (secondary N) is 2. The molecule has 1 atom stereocenters. The van der Waals surface area contributed by atoms with Crippen molar-refractivity contribution in [1.29, 1.82) is 5.41 Å². The Labute approximate surface area is 204 Å². The number of carbonyl (C=O) groups is 1. The minimum atomic E-state index is -0.101. The molecule has 1 fully saturated rings. The van der Waals surface area contributed by atoms with E-state index in [2.05, 4.69) is 31.2 Å². The van der Waals surface area contributed by atoms with E-state index in [4.69, 9.17) is 11.1 Å². The number of hydrogen-bond acceptors (Lipinski definition) is 7. The number of carbonyl (C=O) groups excluding carboxylic acids is 1. The van der Waals surface area contributed by atoms with E-state index in [9.17, 15) is 4.79 Å². The molecule has 0 aliphatic carbocycles. The van der Waals surface area contributed by atoms with Gasteiger partial charge in [0.05, 0.1) is 11.4 Å². The van der Waals surface area contributed by atoms with Gasteiger partial charge >= 0.3 is 6.03 Å². The molecule has 0 spiro atoms. The molecule has 4 heterocycles. The summed E-state index contributed by atoms with van der Waals surface area (Å²) in [7, 11) is 0. The van der Waals surface area contributed by atoms with Crippen LogP contribution in [-0.2, 0) is 13.1 Å². The van der Waals surface area contributed by atoms with E-state index in [0.29, 0.717) is 29.2 Å². The third-order valence-corrected chi connectivity index (χ3v) is 6.88. The van der Waals surface area contributed by atoms with E-state index >= 15 is 0 Å². The Kier molecular flexibility index (Phi) is 6.17. The minimum absolute atomic E-state index is 0.101. The lowest BCUT2D eigenvalue weighted by Gasteiger charge is -2.41. The molecule has 0 radical (unpaired) electrons. The van der Waals surface area contributed by atoms with Crippen molar-refractivity contribution in [1.82, 2.24) is 24.8 Å². The third-order valence-electron chi connectivity index (χ3n) is 6.88. The standard InChI is InChI=1S/C26H30N8O/c1-16-9-24(31-15-30-16)25(28)21-10-19-13-34(26(35)32-23(19)11-22(21)27)20-6-4-8-33(14-20)12-18-5-3-7-29-17(18)2/h3,5,7,9-11,15,20,28H,4,6,8,12-14,27H2,1-2H3,(H,32,35)/t20-/m1/s1. The molecule has 1 aromatic carbocycles. The first kappa shape index (κ1) is 22.9. The highest BCUT2D eigenvalue weighted by atomic mass is 16.2. The van der Waals surface area contributed by atoms with Crippen LogP contribution >= 0.6 is 0 Å². The van der Waals surface area contributed by atoms with E-state index in [1.165, 1.54) is 11.9 Å². The Hall–Kier alpha value is -3.85. The number of fused-ring (bicyclic) bond motifs is 1. The minimum Gasteiger partial charge on any atom is -0.398 e. The lowest BCUT2D eigenvalue weighted by Crippen LogP contribution is -2.52. The monoisotopic (exact) mass is 470 g/mol. The number of nitrogens with zero attached hydrogens (tertiary/aromatic N) is 5. The van der Waals surface area contributed by atoms with Gasteiger partial charge in [-0.05, 0) is 68.6 Å². The molecule has 0 bridgehead atoms.